The van der Waals surface area contributed by atoms with E-state index in [-0.39, 0.29) is 24.0 Å². The zero-order chi connectivity index (χ0) is 10.7. The number of amides is 1. The van der Waals surface area contributed by atoms with Crippen molar-refractivity contribution in [2.24, 2.45) is 11.7 Å². The number of rotatable bonds is 3. The van der Waals surface area contributed by atoms with Crippen LogP contribution in [0.2, 0.25) is 0 Å². The molecule has 0 aromatic carbocycles. The van der Waals surface area contributed by atoms with Gasteiger partial charge >= 0.3 is 0 Å². The number of carbonyl (C=O) groups excluding carboxylic acids is 1. The van der Waals surface area contributed by atoms with Gasteiger partial charge in [0.2, 0.25) is 5.91 Å². The van der Waals surface area contributed by atoms with Crippen molar-refractivity contribution in [1.82, 2.24) is 4.90 Å². The first-order valence-electron chi connectivity index (χ1n) is 5.13. The Balaban J connectivity index is 2.47. The lowest BCUT2D eigenvalue weighted by atomic mass is 10.0. The number of likely N-dealkylation sites (tertiary alicyclic amines) is 1. The van der Waals surface area contributed by atoms with Crippen LogP contribution in [0.4, 0.5) is 0 Å². The Morgan fingerprint density at radius 3 is 2.64 bits per heavy atom. The summed E-state index contributed by atoms with van der Waals surface area (Å²) in [4.78, 5) is 13.6. The van der Waals surface area contributed by atoms with Crippen LogP contribution in [0.3, 0.4) is 0 Å². The van der Waals surface area contributed by atoms with Crippen LogP contribution >= 0.6 is 0 Å². The van der Waals surface area contributed by atoms with Crippen molar-refractivity contribution >= 4 is 5.91 Å². The average molecular weight is 200 g/mol. The quantitative estimate of drug-likeness (QED) is 0.709. The summed E-state index contributed by atoms with van der Waals surface area (Å²) in [5, 5.41) is 0. The van der Waals surface area contributed by atoms with Crippen LogP contribution in [0.25, 0.3) is 0 Å². The third kappa shape index (κ3) is 2.45. The van der Waals surface area contributed by atoms with Gasteiger partial charge in [-0.25, -0.2) is 0 Å². The maximum atomic E-state index is 11.8. The molecule has 4 nitrogen and oxygen atoms in total. The van der Waals surface area contributed by atoms with Crippen LogP contribution < -0.4 is 5.73 Å². The molecular formula is C10H20N2O2. The van der Waals surface area contributed by atoms with E-state index in [9.17, 15) is 4.79 Å². The fourth-order valence-electron chi connectivity index (χ4n) is 1.62. The standard InChI is InChI=1S/C10H20N2O2/c1-7(2)9(11)10(13)12-5-4-8(6-12)14-3/h7-9H,4-6,11H2,1-3H3/t8?,9-/m0/s1. The topological polar surface area (TPSA) is 55.6 Å². The van der Waals surface area contributed by atoms with Crippen molar-refractivity contribution in [3.63, 3.8) is 0 Å². The number of hydrogen-bond acceptors (Lipinski definition) is 3. The molecule has 0 spiro atoms. The van der Waals surface area contributed by atoms with Gasteiger partial charge in [0, 0.05) is 20.2 Å². The lowest BCUT2D eigenvalue weighted by molar-refractivity contribution is -0.132. The minimum Gasteiger partial charge on any atom is -0.380 e. The van der Waals surface area contributed by atoms with E-state index in [1.165, 1.54) is 0 Å². The highest BCUT2D eigenvalue weighted by atomic mass is 16.5. The Morgan fingerprint density at radius 1 is 1.57 bits per heavy atom. The third-order valence-corrected chi connectivity index (χ3v) is 2.79. The van der Waals surface area contributed by atoms with Gasteiger partial charge in [-0.2, -0.15) is 0 Å². The molecule has 1 amide bonds. The zero-order valence-electron chi connectivity index (χ0n) is 9.19. The Labute approximate surface area is 85.4 Å². The second-order valence-electron chi connectivity index (χ2n) is 4.20. The highest BCUT2D eigenvalue weighted by Gasteiger charge is 2.30. The lowest BCUT2D eigenvalue weighted by Gasteiger charge is -2.22. The predicted octanol–water partition coefficient (Wildman–Crippen LogP) is 0.217. The molecule has 2 N–H and O–H groups in total. The van der Waals surface area contributed by atoms with E-state index in [0.29, 0.717) is 6.54 Å². The van der Waals surface area contributed by atoms with Crippen molar-refractivity contribution in [3.05, 3.63) is 0 Å². The fraction of sp³-hybridized carbons (Fsp3) is 0.900. The Hall–Kier alpha value is -0.610. The van der Waals surface area contributed by atoms with Gasteiger partial charge in [-0.1, -0.05) is 13.8 Å². The molecule has 1 unspecified atom stereocenters. The SMILES string of the molecule is COC1CCN(C(=O)[C@@H](N)C(C)C)C1. The normalized spacial score (nSPS) is 24.4. The van der Waals surface area contributed by atoms with E-state index in [0.717, 1.165) is 13.0 Å². The smallest absolute Gasteiger partial charge is 0.239 e. The number of hydrogen-bond donors (Lipinski definition) is 1. The molecule has 2 atom stereocenters. The molecule has 82 valence electrons. The summed E-state index contributed by atoms with van der Waals surface area (Å²) in [5.74, 6) is 0.253. The molecular weight excluding hydrogens is 180 g/mol. The second kappa shape index (κ2) is 4.75. The molecule has 1 heterocycles. The summed E-state index contributed by atoms with van der Waals surface area (Å²) in [6, 6.07) is -0.370. The zero-order valence-corrected chi connectivity index (χ0v) is 9.19. The molecule has 0 bridgehead atoms. The Kier molecular flexibility index (Phi) is 3.89. The molecule has 14 heavy (non-hydrogen) atoms. The fourth-order valence-corrected chi connectivity index (χ4v) is 1.62. The maximum Gasteiger partial charge on any atom is 0.239 e. The summed E-state index contributed by atoms with van der Waals surface area (Å²) < 4.78 is 5.20. The summed E-state index contributed by atoms with van der Waals surface area (Å²) in [7, 11) is 1.68. The maximum absolute atomic E-state index is 11.8. The third-order valence-electron chi connectivity index (χ3n) is 2.79. The van der Waals surface area contributed by atoms with E-state index in [2.05, 4.69) is 0 Å². The minimum absolute atomic E-state index is 0.0551. The van der Waals surface area contributed by atoms with Crippen LogP contribution in [-0.2, 0) is 9.53 Å². The highest BCUT2D eigenvalue weighted by Crippen LogP contribution is 2.14. The van der Waals surface area contributed by atoms with Crippen molar-refractivity contribution in [3.8, 4) is 0 Å². The monoisotopic (exact) mass is 200 g/mol. The highest BCUT2D eigenvalue weighted by molar-refractivity contribution is 5.82. The van der Waals surface area contributed by atoms with Gasteiger partial charge in [-0.05, 0) is 12.3 Å². The van der Waals surface area contributed by atoms with Crippen LogP contribution in [0.1, 0.15) is 20.3 Å². The summed E-state index contributed by atoms with van der Waals surface area (Å²) in [6.07, 6.45) is 1.12. The molecule has 0 aliphatic carbocycles. The first kappa shape index (κ1) is 11.5. The number of carbonyl (C=O) groups is 1. The van der Waals surface area contributed by atoms with Gasteiger partial charge in [-0.15, -0.1) is 0 Å². The van der Waals surface area contributed by atoms with Crippen molar-refractivity contribution in [1.29, 1.82) is 0 Å². The number of nitrogens with zero attached hydrogens (tertiary/aromatic N) is 1. The van der Waals surface area contributed by atoms with E-state index in [4.69, 9.17) is 10.5 Å². The summed E-state index contributed by atoms with van der Waals surface area (Å²) >= 11 is 0. The van der Waals surface area contributed by atoms with Crippen molar-refractivity contribution in [2.75, 3.05) is 20.2 Å². The molecule has 1 aliphatic heterocycles. The van der Waals surface area contributed by atoms with Gasteiger partial charge in [0.05, 0.1) is 12.1 Å². The van der Waals surface area contributed by atoms with Crippen molar-refractivity contribution < 1.29 is 9.53 Å². The van der Waals surface area contributed by atoms with Gasteiger partial charge in [0.15, 0.2) is 0 Å². The van der Waals surface area contributed by atoms with Gasteiger partial charge in [0.1, 0.15) is 0 Å². The molecule has 1 rings (SSSR count). The molecule has 0 aromatic heterocycles. The first-order chi connectivity index (χ1) is 6.56. The van der Waals surface area contributed by atoms with Gasteiger partial charge in [-0.3, -0.25) is 4.79 Å². The van der Waals surface area contributed by atoms with Gasteiger partial charge < -0.3 is 15.4 Å². The molecule has 1 saturated heterocycles. The largest absolute Gasteiger partial charge is 0.380 e. The molecule has 1 fully saturated rings. The van der Waals surface area contributed by atoms with Gasteiger partial charge in [0.25, 0.3) is 0 Å². The summed E-state index contributed by atoms with van der Waals surface area (Å²) in [5.41, 5.74) is 5.79. The number of ether oxygens (including phenoxy) is 1. The van der Waals surface area contributed by atoms with Crippen LogP contribution in [0.15, 0.2) is 0 Å². The minimum atomic E-state index is -0.370. The number of nitrogens with two attached hydrogens (primary N) is 1. The second-order valence-corrected chi connectivity index (χ2v) is 4.20. The first-order valence-corrected chi connectivity index (χ1v) is 5.13. The predicted molar refractivity (Wildman–Crippen MR) is 54.8 cm³/mol. The number of methoxy groups -OCH3 is 1. The molecule has 0 aromatic rings. The summed E-state index contributed by atoms with van der Waals surface area (Å²) in [6.45, 7) is 5.40. The molecule has 0 saturated carbocycles. The molecule has 0 radical (unpaired) electrons. The van der Waals surface area contributed by atoms with E-state index < -0.39 is 0 Å². The molecule has 4 heteroatoms. The van der Waals surface area contributed by atoms with Crippen LogP contribution in [0, 0.1) is 5.92 Å². The van der Waals surface area contributed by atoms with E-state index in [1.807, 2.05) is 13.8 Å². The van der Waals surface area contributed by atoms with Crippen molar-refractivity contribution in [2.45, 2.75) is 32.4 Å². The average Bonchev–Trinajstić information content (AvgIpc) is 2.63. The Bertz CT molecular complexity index is 206. The lowest BCUT2D eigenvalue weighted by Crippen LogP contribution is -2.45. The van der Waals surface area contributed by atoms with Crippen LogP contribution in [0.5, 0.6) is 0 Å². The van der Waals surface area contributed by atoms with E-state index >= 15 is 0 Å². The Morgan fingerprint density at radius 2 is 2.21 bits per heavy atom. The van der Waals surface area contributed by atoms with Crippen LogP contribution in [-0.4, -0.2) is 43.2 Å². The molecule has 1 aliphatic rings. The van der Waals surface area contributed by atoms with E-state index in [1.54, 1.807) is 12.0 Å².